The molecule has 0 spiro atoms. The first kappa shape index (κ1) is 16.0. The number of aryl methyl sites for hydroxylation is 1. The summed E-state index contributed by atoms with van der Waals surface area (Å²) in [7, 11) is 0. The predicted octanol–water partition coefficient (Wildman–Crippen LogP) is 3.04. The van der Waals surface area contributed by atoms with Gasteiger partial charge in [-0.3, -0.25) is 0 Å². The maximum Gasteiger partial charge on any atom is 0.125 e. The molecule has 1 aromatic rings. The maximum absolute atomic E-state index is 6.06. The molecule has 0 aliphatic heterocycles. The molecule has 0 aliphatic carbocycles. The Morgan fingerprint density at radius 2 is 1.89 bits per heavy atom. The van der Waals surface area contributed by atoms with Crippen molar-refractivity contribution in [3.8, 4) is 5.75 Å². The van der Waals surface area contributed by atoms with Gasteiger partial charge in [0.15, 0.2) is 0 Å². The van der Waals surface area contributed by atoms with E-state index < -0.39 is 0 Å². The lowest BCUT2D eigenvalue weighted by Gasteiger charge is -2.26. The summed E-state index contributed by atoms with van der Waals surface area (Å²) in [5.74, 6) is 1.00. The highest BCUT2D eigenvalue weighted by Crippen LogP contribution is 2.36. The molecule has 19 heavy (non-hydrogen) atoms. The monoisotopic (exact) mass is 264 g/mol. The topological polar surface area (TPSA) is 61.3 Å². The highest BCUT2D eigenvalue weighted by molar-refractivity contribution is 5.48. The number of benzene rings is 1. The average Bonchev–Trinajstić information content (AvgIpc) is 2.34. The van der Waals surface area contributed by atoms with Crippen molar-refractivity contribution < 1.29 is 4.74 Å². The number of ether oxygens (including phenoxy) is 1. The summed E-state index contributed by atoms with van der Waals surface area (Å²) in [6.45, 7) is 12.0. The van der Waals surface area contributed by atoms with Crippen molar-refractivity contribution >= 4 is 0 Å². The van der Waals surface area contributed by atoms with E-state index >= 15 is 0 Å². The molecule has 0 saturated carbocycles. The molecular formula is C16H28N2O. The lowest BCUT2D eigenvalue weighted by Crippen LogP contribution is -2.22. The van der Waals surface area contributed by atoms with E-state index in [9.17, 15) is 0 Å². The summed E-state index contributed by atoms with van der Waals surface area (Å²) in [5, 5.41) is 0. The van der Waals surface area contributed by atoms with Gasteiger partial charge in [-0.15, -0.1) is 0 Å². The second-order valence-electron chi connectivity index (χ2n) is 6.16. The molecule has 0 radical (unpaired) electrons. The van der Waals surface area contributed by atoms with Gasteiger partial charge in [-0.1, -0.05) is 33.8 Å². The van der Waals surface area contributed by atoms with Crippen LogP contribution >= 0.6 is 0 Å². The number of hydrogen-bond donors (Lipinski definition) is 2. The minimum Gasteiger partial charge on any atom is -0.493 e. The maximum atomic E-state index is 6.06. The van der Waals surface area contributed by atoms with Crippen LogP contribution in [0.25, 0.3) is 0 Å². The summed E-state index contributed by atoms with van der Waals surface area (Å²) in [5.41, 5.74) is 15.2. The number of hydrogen-bond acceptors (Lipinski definition) is 3. The van der Waals surface area contributed by atoms with Gasteiger partial charge in [0.05, 0.1) is 6.61 Å². The molecule has 0 saturated heterocycles. The third-order valence-corrected chi connectivity index (χ3v) is 3.24. The summed E-state index contributed by atoms with van der Waals surface area (Å²) >= 11 is 0. The third kappa shape index (κ3) is 3.95. The SMILES string of the molecule is CCCOc1c(C)cc(C(N)CN)cc1C(C)(C)C. The zero-order chi connectivity index (χ0) is 14.6. The first-order chi connectivity index (χ1) is 8.81. The van der Waals surface area contributed by atoms with E-state index in [0.717, 1.165) is 29.9 Å². The molecule has 3 heteroatoms. The fourth-order valence-electron chi connectivity index (χ4n) is 2.10. The van der Waals surface area contributed by atoms with Crippen molar-refractivity contribution in [1.29, 1.82) is 0 Å². The van der Waals surface area contributed by atoms with Gasteiger partial charge in [0.1, 0.15) is 5.75 Å². The molecule has 1 unspecified atom stereocenters. The summed E-state index contributed by atoms with van der Waals surface area (Å²) in [6, 6.07) is 4.13. The van der Waals surface area contributed by atoms with Crippen molar-refractivity contribution in [1.82, 2.24) is 0 Å². The van der Waals surface area contributed by atoms with Crippen molar-refractivity contribution in [3.05, 3.63) is 28.8 Å². The van der Waals surface area contributed by atoms with Gasteiger partial charge in [0.2, 0.25) is 0 Å². The highest BCUT2D eigenvalue weighted by atomic mass is 16.5. The Labute approximate surface area is 117 Å². The second kappa shape index (κ2) is 6.40. The zero-order valence-electron chi connectivity index (χ0n) is 12.9. The molecule has 0 heterocycles. The molecule has 0 fully saturated rings. The average molecular weight is 264 g/mol. The number of rotatable bonds is 5. The minimum absolute atomic E-state index is 0.0260. The fraction of sp³-hybridized carbons (Fsp3) is 0.625. The van der Waals surface area contributed by atoms with Crippen LogP contribution in [0.3, 0.4) is 0 Å². The van der Waals surface area contributed by atoms with Crippen LogP contribution in [-0.2, 0) is 5.41 Å². The Morgan fingerprint density at radius 3 is 2.37 bits per heavy atom. The van der Waals surface area contributed by atoms with Crippen molar-refractivity contribution in [3.63, 3.8) is 0 Å². The van der Waals surface area contributed by atoms with Crippen molar-refractivity contribution in [2.75, 3.05) is 13.2 Å². The summed E-state index contributed by atoms with van der Waals surface area (Å²) in [6.07, 6.45) is 1.01. The Kier molecular flexibility index (Phi) is 5.39. The third-order valence-electron chi connectivity index (χ3n) is 3.24. The standard InChI is InChI=1S/C16H28N2O/c1-6-7-19-15-11(2)8-12(14(18)10-17)9-13(15)16(3,4)5/h8-9,14H,6-7,10,17-18H2,1-5H3. The molecule has 0 aromatic heterocycles. The zero-order valence-corrected chi connectivity index (χ0v) is 12.9. The first-order valence-electron chi connectivity index (χ1n) is 7.04. The summed E-state index contributed by atoms with van der Waals surface area (Å²) in [4.78, 5) is 0. The smallest absolute Gasteiger partial charge is 0.125 e. The Morgan fingerprint density at radius 1 is 1.26 bits per heavy atom. The highest BCUT2D eigenvalue weighted by Gasteiger charge is 2.22. The van der Waals surface area contributed by atoms with E-state index in [2.05, 4.69) is 46.8 Å². The molecule has 1 rings (SSSR count). The number of nitrogens with two attached hydrogens (primary N) is 2. The molecule has 108 valence electrons. The molecule has 0 bridgehead atoms. The lowest BCUT2D eigenvalue weighted by atomic mass is 9.83. The van der Waals surface area contributed by atoms with Gasteiger partial charge in [-0.2, -0.15) is 0 Å². The van der Waals surface area contributed by atoms with Crippen LogP contribution in [0.5, 0.6) is 5.75 Å². The van der Waals surface area contributed by atoms with Crippen LogP contribution < -0.4 is 16.2 Å². The van der Waals surface area contributed by atoms with E-state index in [0.29, 0.717) is 6.54 Å². The van der Waals surface area contributed by atoms with Crippen LogP contribution in [-0.4, -0.2) is 13.2 Å². The first-order valence-corrected chi connectivity index (χ1v) is 7.04. The molecular weight excluding hydrogens is 236 g/mol. The minimum atomic E-state index is -0.111. The van der Waals surface area contributed by atoms with Crippen LogP contribution in [0, 0.1) is 6.92 Å². The van der Waals surface area contributed by atoms with Crippen LogP contribution in [0.2, 0.25) is 0 Å². The second-order valence-corrected chi connectivity index (χ2v) is 6.16. The van der Waals surface area contributed by atoms with Crippen LogP contribution in [0.15, 0.2) is 12.1 Å². The Hall–Kier alpha value is -1.06. The van der Waals surface area contributed by atoms with Crippen molar-refractivity contribution in [2.24, 2.45) is 11.5 Å². The van der Waals surface area contributed by atoms with Gasteiger partial charge in [-0.05, 0) is 36.0 Å². The summed E-state index contributed by atoms with van der Waals surface area (Å²) < 4.78 is 5.94. The quantitative estimate of drug-likeness (QED) is 0.859. The Balaban J connectivity index is 3.30. The predicted molar refractivity (Wildman–Crippen MR) is 81.6 cm³/mol. The van der Waals surface area contributed by atoms with Gasteiger partial charge in [0.25, 0.3) is 0 Å². The molecule has 3 nitrogen and oxygen atoms in total. The molecule has 0 amide bonds. The van der Waals surface area contributed by atoms with Crippen LogP contribution in [0.4, 0.5) is 0 Å². The molecule has 1 atom stereocenters. The molecule has 1 aromatic carbocycles. The van der Waals surface area contributed by atoms with Gasteiger partial charge in [0, 0.05) is 18.2 Å². The van der Waals surface area contributed by atoms with E-state index in [4.69, 9.17) is 16.2 Å². The van der Waals surface area contributed by atoms with Gasteiger partial charge >= 0.3 is 0 Å². The van der Waals surface area contributed by atoms with E-state index in [-0.39, 0.29) is 11.5 Å². The van der Waals surface area contributed by atoms with E-state index in [1.165, 1.54) is 5.56 Å². The van der Waals surface area contributed by atoms with Gasteiger partial charge in [-0.25, -0.2) is 0 Å². The van der Waals surface area contributed by atoms with E-state index in [1.807, 2.05) is 0 Å². The Bertz CT molecular complexity index is 421. The van der Waals surface area contributed by atoms with E-state index in [1.54, 1.807) is 0 Å². The molecule has 0 aliphatic rings. The van der Waals surface area contributed by atoms with Crippen LogP contribution in [0.1, 0.15) is 56.8 Å². The lowest BCUT2D eigenvalue weighted by molar-refractivity contribution is 0.306. The fourth-order valence-corrected chi connectivity index (χ4v) is 2.10. The normalized spacial score (nSPS) is 13.4. The largest absolute Gasteiger partial charge is 0.493 e. The van der Waals surface area contributed by atoms with Crippen molar-refractivity contribution in [2.45, 2.75) is 52.5 Å². The molecule has 4 N–H and O–H groups in total. The van der Waals surface area contributed by atoms with Gasteiger partial charge < -0.3 is 16.2 Å².